The zero-order chi connectivity index (χ0) is 29.4. The summed E-state index contributed by atoms with van der Waals surface area (Å²) in [5.41, 5.74) is -4.00. The Balaban J connectivity index is 2.17. The van der Waals surface area contributed by atoms with Crippen molar-refractivity contribution in [3.8, 4) is 0 Å². The van der Waals surface area contributed by atoms with Crippen LogP contribution in [0.25, 0.3) is 46.4 Å². The number of rotatable bonds is 4. The molecule has 0 saturated carbocycles. The Morgan fingerprint density at radius 1 is 0.425 bits per heavy atom. The van der Waals surface area contributed by atoms with Crippen LogP contribution in [0.2, 0.25) is 0 Å². The maximum absolute atomic E-state index is 12.3. The van der Waals surface area contributed by atoms with Gasteiger partial charge in [0.05, 0.1) is 44.8 Å². The van der Waals surface area contributed by atoms with Crippen LogP contribution in [-0.4, -0.2) is 71.8 Å². The van der Waals surface area contributed by atoms with Crippen LogP contribution in [0.15, 0.2) is 43.8 Å². The van der Waals surface area contributed by atoms with Crippen LogP contribution in [0.1, 0.15) is 22.8 Å². The molecule has 0 aromatic carbocycles. The highest BCUT2D eigenvalue weighted by Gasteiger charge is 2.28. The molecule has 3 aromatic heterocycles. The lowest BCUT2D eigenvalue weighted by Crippen LogP contribution is -2.05. The van der Waals surface area contributed by atoms with E-state index in [9.17, 15) is 51.9 Å². The van der Waals surface area contributed by atoms with Crippen LogP contribution in [0, 0.1) is 0 Å². The maximum Gasteiger partial charge on any atom is 0.298 e. The molecule has 16 nitrogen and oxygen atoms in total. The average molecular weight is 631 g/mol. The summed E-state index contributed by atoms with van der Waals surface area (Å²) in [4.78, 5) is 8.90. The van der Waals surface area contributed by atoms with E-state index in [1.54, 1.807) is 0 Å². The van der Waals surface area contributed by atoms with E-state index in [1.165, 1.54) is 0 Å². The molecular formula is C20H14N4O12S4. The number of nitrogens with one attached hydrogen (secondary N) is 2. The van der Waals surface area contributed by atoms with Crippen molar-refractivity contribution in [1.29, 1.82) is 0 Å². The number of fused-ring (bicyclic) bond motifs is 8. The lowest BCUT2D eigenvalue weighted by atomic mass is 10.3. The van der Waals surface area contributed by atoms with Crippen molar-refractivity contribution in [2.24, 2.45) is 0 Å². The molecule has 0 spiro atoms. The molecule has 0 unspecified atom stereocenters. The van der Waals surface area contributed by atoms with Gasteiger partial charge in [-0.25, -0.2) is 9.97 Å². The van der Waals surface area contributed by atoms with Gasteiger partial charge in [-0.2, -0.15) is 33.7 Å². The number of hydrogen-bond acceptors (Lipinski definition) is 10. The normalized spacial score (nSPS) is 14.1. The molecule has 20 heteroatoms. The van der Waals surface area contributed by atoms with Gasteiger partial charge in [0, 0.05) is 0 Å². The highest BCUT2D eigenvalue weighted by Crippen LogP contribution is 2.32. The van der Waals surface area contributed by atoms with Crippen LogP contribution < -0.4 is 0 Å². The first kappa shape index (κ1) is 27.8. The van der Waals surface area contributed by atoms with Gasteiger partial charge in [-0.3, -0.25) is 18.2 Å². The lowest BCUT2D eigenvalue weighted by molar-refractivity contribution is 0.480. The third-order valence-corrected chi connectivity index (χ3v) is 9.37. The zero-order valence-corrected chi connectivity index (χ0v) is 22.5. The Morgan fingerprint density at radius 2 is 0.675 bits per heavy atom. The van der Waals surface area contributed by atoms with E-state index in [4.69, 9.17) is 0 Å². The maximum atomic E-state index is 12.3. The molecule has 210 valence electrons. The minimum absolute atomic E-state index is 0.432. The van der Waals surface area contributed by atoms with Crippen LogP contribution in [0.5, 0.6) is 0 Å². The summed E-state index contributed by atoms with van der Waals surface area (Å²) in [6, 6.07) is 4.04. The average Bonchev–Trinajstić information content (AvgIpc) is 3.55. The molecule has 8 bridgehead atoms. The minimum Gasteiger partial charge on any atom is -0.353 e. The number of hydrogen-bond donors (Lipinski definition) is 6. The van der Waals surface area contributed by atoms with Crippen molar-refractivity contribution in [1.82, 2.24) is 19.9 Å². The van der Waals surface area contributed by atoms with Crippen LogP contribution in [0.4, 0.5) is 0 Å². The van der Waals surface area contributed by atoms with Gasteiger partial charge in [0.25, 0.3) is 40.5 Å². The first-order valence-electron chi connectivity index (χ1n) is 10.4. The molecule has 0 amide bonds. The fourth-order valence-corrected chi connectivity index (χ4v) is 7.29. The molecule has 3 aromatic rings. The van der Waals surface area contributed by atoms with Gasteiger partial charge in [-0.15, -0.1) is 0 Å². The molecule has 6 N–H and O–H groups in total. The van der Waals surface area contributed by atoms with E-state index < -0.39 is 105 Å². The Morgan fingerprint density at radius 3 is 0.950 bits per heavy atom. The van der Waals surface area contributed by atoms with Gasteiger partial charge >= 0.3 is 0 Å². The number of nitrogens with zero attached hydrogens (tertiary/aromatic N) is 2. The fourth-order valence-electron chi connectivity index (χ4n) is 4.19. The Bertz CT molecular complexity index is 2180. The van der Waals surface area contributed by atoms with Gasteiger partial charge in [0.2, 0.25) is 0 Å². The molecule has 0 atom stereocenters. The van der Waals surface area contributed by atoms with Crippen LogP contribution in [0.3, 0.4) is 0 Å². The van der Waals surface area contributed by atoms with Crippen molar-refractivity contribution >= 4 is 86.8 Å². The van der Waals surface area contributed by atoms with Crippen molar-refractivity contribution in [2.45, 2.75) is 19.6 Å². The Labute approximate surface area is 224 Å². The number of H-pyrrole nitrogens is 2. The second-order valence-electron chi connectivity index (χ2n) is 8.22. The van der Waals surface area contributed by atoms with E-state index in [1.807, 2.05) is 0 Å². The topological polar surface area (TPSA) is 275 Å². The summed E-state index contributed by atoms with van der Waals surface area (Å²) < 4.78 is 138. The summed E-state index contributed by atoms with van der Waals surface area (Å²) in [5.74, 6) is 0. The highest BCUT2D eigenvalue weighted by molar-refractivity contribution is 7.87. The van der Waals surface area contributed by atoms with Gasteiger partial charge < -0.3 is 9.97 Å². The molecule has 2 aliphatic rings. The molecule has 0 saturated heterocycles. The Hall–Kier alpha value is -3.76. The van der Waals surface area contributed by atoms with Gasteiger partial charge in [0.15, 0.2) is 0 Å². The van der Waals surface area contributed by atoms with E-state index in [0.29, 0.717) is 0 Å². The van der Waals surface area contributed by atoms with Crippen molar-refractivity contribution in [3.63, 3.8) is 0 Å². The predicted molar refractivity (Wildman–Crippen MR) is 138 cm³/mol. The molecule has 0 aliphatic carbocycles. The SMILES string of the molecule is O=S(=O)(O)c1c2nc(c(S(=O)(=O)O)c3ccc([nH]3)c(S(=O)(=O)O)c3ccc([nH]3)c(S(=O)(=O)O)c3nc1C=C3)C=C2. The summed E-state index contributed by atoms with van der Waals surface area (Å²) in [7, 11) is -20.5. The van der Waals surface area contributed by atoms with Crippen molar-refractivity contribution in [3.05, 3.63) is 47.0 Å². The molecule has 5 rings (SSSR count). The molecule has 40 heavy (non-hydrogen) atoms. The van der Waals surface area contributed by atoms with E-state index >= 15 is 0 Å². The lowest BCUT2D eigenvalue weighted by Gasteiger charge is -2.02. The fraction of sp³-hybridized carbons (Fsp3) is 0. The number of aromatic amines is 2. The quantitative estimate of drug-likeness (QED) is 0.154. The zero-order valence-electron chi connectivity index (χ0n) is 19.2. The highest BCUT2D eigenvalue weighted by atomic mass is 32.2. The molecule has 0 fully saturated rings. The smallest absolute Gasteiger partial charge is 0.298 e. The second kappa shape index (κ2) is 8.87. The molecule has 0 radical (unpaired) electrons. The molecule has 5 heterocycles. The third kappa shape index (κ3) is 4.86. The van der Waals surface area contributed by atoms with E-state index in [2.05, 4.69) is 19.9 Å². The van der Waals surface area contributed by atoms with Gasteiger partial charge in [-0.05, 0) is 48.6 Å². The van der Waals surface area contributed by atoms with E-state index in [0.717, 1.165) is 48.6 Å². The standard InChI is InChI=1S/C20H14N4O12S4/c25-37(26,27)17-9-1-2-10(21-9)18(38(28,29)30)12-5-6-14(23-12)20(40(34,35)36)16-8-7-15(24-16)19(39(31,32)33)13-4-3-11(17)22-13/h1-8,21-22H,(H,25,26,27)(H,28,29,30)(H,31,32,33)(H,34,35,36). The molecule has 2 aliphatic heterocycles. The van der Waals surface area contributed by atoms with Gasteiger partial charge in [0.1, 0.15) is 19.6 Å². The largest absolute Gasteiger partial charge is 0.353 e. The third-order valence-electron chi connectivity index (χ3n) is 5.59. The summed E-state index contributed by atoms with van der Waals surface area (Å²) in [6.45, 7) is 0. The van der Waals surface area contributed by atoms with E-state index in [-0.39, 0.29) is 0 Å². The summed E-state index contributed by atoms with van der Waals surface area (Å²) in [6.07, 6.45) is 3.85. The monoisotopic (exact) mass is 630 g/mol. The minimum atomic E-state index is -5.16. The number of aromatic nitrogens is 4. The second-order valence-corrected chi connectivity index (χ2v) is 13.7. The first-order valence-corrected chi connectivity index (χ1v) is 16.2. The van der Waals surface area contributed by atoms with Crippen molar-refractivity contribution in [2.75, 3.05) is 0 Å². The predicted octanol–water partition coefficient (Wildman–Crippen LogP) is 1.64. The van der Waals surface area contributed by atoms with Gasteiger partial charge in [-0.1, -0.05) is 0 Å². The van der Waals surface area contributed by atoms with Crippen molar-refractivity contribution < 1.29 is 51.9 Å². The summed E-state index contributed by atoms with van der Waals surface area (Å²) >= 11 is 0. The van der Waals surface area contributed by atoms with Crippen LogP contribution in [-0.2, 0) is 40.5 Å². The van der Waals surface area contributed by atoms with Crippen LogP contribution >= 0.6 is 0 Å². The Kier molecular flexibility index (Phi) is 6.16. The summed E-state index contributed by atoms with van der Waals surface area (Å²) in [5, 5.41) is 0. The first-order chi connectivity index (χ1) is 18.4. The molecular weight excluding hydrogens is 617 g/mol.